The van der Waals surface area contributed by atoms with Crippen molar-refractivity contribution < 1.29 is 9.53 Å². The van der Waals surface area contributed by atoms with Gasteiger partial charge in [-0.05, 0) is 41.8 Å². The molecule has 1 atom stereocenters. The van der Waals surface area contributed by atoms with E-state index in [2.05, 4.69) is 0 Å². The van der Waals surface area contributed by atoms with E-state index in [-0.39, 0.29) is 11.3 Å². The number of rotatable bonds is 4. The minimum atomic E-state index is -0.278. The molecule has 0 radical (unpaired) electrons. The molecule has 0 N–H and O–H groups in total. The fraction of sp³-hybridized carbons (Fsp3) is 0.0800. The normalized spacial score (nSPS) is 15.9. The Bertz CT molecular complexity index is 1390. The Morgan fingerprint density at radius 3 is 2.42 bits per heavy atom. The molecule has 1 aliphatic rings. The second-order valence-corrected chi connectivity index (χ2v) is 10.1. The summed E-state index contributed by atoms with van der Waals surface area (Å²) in [5, 5.41) is 3.57. The lowest BCUT2D eigenvalue weighted by atomic mass is 10.1. The van der Waals surface area contributed by atoms with Crippen molar-refractivity contribution in [1.29, 1.82) is 0 Å². The highest BCUT2D eigenvalue weighted by Crippen LogP contribution is 2.46. The van der Waals surface area contributed by atoms with E-state index in [1.807, 2.05) is 42.5 Å². The number of amides is 1. The highest BCUT2D eigenvalue weighted by atomic mass is 35.5. The van der Waals surface area contributed by atoms with Crippen LogP contribution in [-0.4, -0.2) is 11.7 Å². The van der Waals surface area contributed by atoms with E-state index in [0.717, 1.165) is 16.3 Å². The molecule has 0 aliphatic carbocycles. The zero-order valence-corrected chi connectivity index (χ0v) is 20.7. The third-order valence-corrected chi connectivity index (χ3v) is 7.78. The minimum Gasteiger partial charge on any atom is -0.454 e. The first-order chi connectivity index (χ1) is 15.9. The molecule has 1 aliphatic heterocycles. The first kappa shape index (κ1) is 22.7. The van der Waals surface area contributed by atoms with Gasteiger partial charge in [0, 0.05) is 26.7 Å². The van der Waals surface area contributed by atoms with Gasteiger partial charge in [0.15, 0.2) is 0 Å². The second kappa shape index (κ2) is 9.28. The van der Waals surface area contributed by atoms with Crippen LogP contribution >= 0.6 is 58.2 Å². The van der Waals surface area contributed by atoms with E-state index >= 15 is 0 Å². The molecule has 0 bridgehead atoms. The van der Waals surface area contributed by atoms with E-state index in [0.29, 0.717) is 43.0 Å². The molecule has 5 rings (SSSR count). The van der Waals surface area contributed by atoms with Crippen molar-refractivity contribution in [3.63, 3.8) is 0 Å². The number of hydrogen-bond acceptors (Lipinski definition) is 3. The number of benzene rings is 4. The average molecular weight is 535 g/mol. The van der Waals surface area contributed by atoms with Crippen LogP contribution < -0.4 is 9.64 Å². The summed E-state index contributed by atoms with van der Waals surface area (Å²) in [7, 11) is 0. The first-order valence-electron chi connectivity index (χ1n) is 9.95. The molecule has 33 heavy (non-hydrogen) atoms. The number of anilines is 1. The topological polar surface area (TPSA) is 29.5 Å². The zero-order chi connectivity index (χ0) is 23.1. The van der Waals surface area contributed by atoms with Crippen LogP contribution in [-0.2, 0) is 4.79 Å². The van der Waals surface area contributed by atoms with Crippen LogP contribution in [0.4, 0.5) is 5.69 Å². The van der Waals surface area contributed by atoms with Crippen molar-refractivity contribution >= 4 is 80.5 Å². The number of carbonyl (C=O) groups is 1. The summed E-state index contributed by atoms with van der Waals surface area (Å²) in [4.78, 5) is 14.4. The van der Waals surface area contributed by atoms with E-state index < -0.39 is 0 Å². The van der Waals surface area contributed by atoms with Gasteiger partial charge in [-0.25, -0.2) is 0 Å². The molecular weight excluding hydrogens is 520 g/mol. The lowest BCUT2D eigenvalue weighted by Gasteiger charge is -2.25. The highest BCUT2D eigenvalue weighted by molar-refractivity contribution is 8.00. The summed E-state index contributed by atoms with van der Waals surface area (Å²) >= 11 is 27.1. The van der Waals surface area contributed by atoms with Crippen LogP contribution in [0, 0.1) is 0 Å². The Morgan fingerprint density at radius 2 is 1.64 bits per heavy atom. The third kappa shape index (κ3) is 4.39. The van der Waals surface area contributed by atoms with Crippen LogP contribution in [0.25, 0.3) is 10.8 Å². The van der Waals surface area contributed by atoms with Crippen molar-refractivity contribution in [2.45, 2.75) is 5.37 Å². The number of nitrogens with zero attached hydrogens (tertiary/aromatic N) is 1. The molecule has 1 heterocycles. The predicted octanol–water partition coefficient (Wildman–Crippen LogP) is 9.02. The van der Waals surface area contributed by atoms with Crippen LogP contribution in [0.15, 0.2) is 72.8 Å². The maximum atomic E-state index is 12.7. The molecule has 1 amide bonds. The van der Waals surface area contributed by atoms with Gasteiger partial charge in [0.05, 0.1) is 15.8 Å². The molecule has 0 spiro atoms. The van der Waals surface area contributed by atoms with Crippen LogP contribution in [0.3, 0.4) is 0 Å². The molecule has 4 aromatic carbocycles. The van der Waals surface area contributed by atoms with Gasteiger partial charge in [0.2, 0.25) is 5.91 Å². The number of halogens is 4. The van der Waals surface area contributed by atoms with Gasteiger partial charge in [0.1, 0.15) is 16.9 Å². The zero-order valence-electron chi connectivity index (χ0n) is 16.9. The molecule has 0 saturated carbocycles. The van der Waals surface area contributed by atoms with Crippen LogP contribution in [0.5, 0.6) is 11.5 Å². The fourth-order valence-electron chi connectivity index (χ4n) is 3.77. The quantitative estimate of drug-likeness (QED) is 0.261. The Hall–Kier alpha value is -2.08. The van der Waals surface area contributed by atoms with Crippen molar-refractivity contribution in [2.24, 2.45) is 0 Å². The van der Waals surface area contributed by atoms with Gasteiger partial charge in [-0.1, -0.05) is 82.8 Å². The SMILES string of the molecule is O=C1CS[C@@H](c2ccc(Cl)cc2Cl)N1c1ccc(Oc2ccc3ccccc3c2Cl)c(Cl)c1. The maximum Gasteiger partial charge on any atom is 0.238 e. The molecule has 0 unspecified atom stereocenters. The number of fused-ring (bicyclic) bond motifs is 1. The van der Waals surface area contributed by atoms with Gasteiger partial charge < -0.3 is 4.74 Å². The molecule has 166 valence electrons. The van der Waals surface area contributed by atoms with Crippen molar-refractivity contribution in [3.8, 4) is 11.5 Å². The lowest BCUT2D eigenvalue weighted by molar-refractivity contribution is -0.115. The van der Waals surface area contributed by atoms with E-state index in [4.69, 9.17) is 51.1 Å². The molecule has 4 aromatic rings. The molecule has 8 heteroatoms. The van der Waals surface area contributed by atoms with Gasteiger partial charge in [-0.15, -0.1) is 11.8 Å². The number of carbonyl (C=O) groups excluding carboxylic acids is 1. The van der Waals surface area contributed by atoms with Gasteiger partial charge in [-0.2, -0.15) is 0 Å². The van der Waals surface area contributed by atoms with E-state index in [9.17, 15) is 4.79 Å². The van der Waals surface area contributed by atoms with Crippen molar-refractivity contribution in [3.05, 3.63) is 98.5 Å². The smallest absolute Gasteiger partial charge is 0.238 e. The molecule has 1 fully saturated rings. The first-order valence-corrected chi connectivity index (χ1v) is 12.5. The van der Waals surface area contributed by atoms with Crippen molar-refractivity contribution in [2.75, 3.05) is 10.7 Å². The average Bonchev–Trinajstić information content (AvgIpc) is 3.18. The maximum absolute atomic E-state index is 12.7. The number of ether oxygens (including phenoxy) is 1. The summed E-state index contributed by atoms with van der Waals surface area (Å²) in [5.41, 5.74) is 1.47. The molecule has 0 aromatic heterocycles. The lowest BCUT2D eigenvalue weighted by Crippen LogP contribution is -2.27. The van der Waals surface area contributed by atoms with Gasteiger partial charge >= 0.3 is 0 Å². The van der Waals surface area contributed by atoms with Gasteiger partial charge in [-0.3, -0.25) is 9.69 Å². The highest BCUT2D eigenvalue weighted by Gasteiger charge is 2.35. The predicted molar refractivity (Wildman–Crippen MR) is 140 cm³/mol. The Labute approximate surface area is 215 Å². The summed E-state index contributed by atoms with van der Waals surface area (Å²) in [6.07, 6.45) is 0. The van der Waals surface area contributed by atoms with Crippen LogP contribution in [0.1, 0.15) is 10.9 Å². The summed E-state index contributed by atoms with van der Waals surface area (Å²) in [6, 6.07) is 22.1. The summed E-state index contributed by atoms with van der Waals surface area (Å²) in [5.74, 6) is 1.26. The van der Waals surface area contributed by atoms with E-state index in [1.165, 1.54) is 11.8 Å². The summed E-state index contributed by atoms with van der Waals surface area (Å²) in [6.45, 7) is 0. The summed E-state index contributed by atoms with van der Waals surface area (Å²) < 4.78 is 6.03. The Balaban J connectivity index is 1.46. The molecule has 3 nitrogen and oxygen atoms in total. The van der Waals surface area contributed by atoms with E-state index in [1.54, 1.807) is 35.2 Å². The van der Waals surface area contributed by atoms with Crippen molar-refractivity contribution in [1.82, 2.24) is 0 Å². The third-order valence-electron chi connectivity index (χ3n) is 5.34. The minimum absolute atomic E-state index is 0.0293. The standard InChI is InChI=1S/C25H15Cl4NO2S/c26-15-6-8-18(19(27)11-15)25-30(23(31)13-33-25)16-7-10-21(20(28)12-16)32-22-9-5-14-3-1-2-4-17(14)24(22)29/h1-12,25H,13H2/t25-/m0/s1. The Morgan fingerprint density at radius 1 is 0.848 bits per heavy atom. The van der Waals surface area contributed by atoms with Crippen LogP contribution in [0.2, 0.25) is 20.1 Å². The number of thioether (sulfide) groups is 1. The second-order valence-electron chi connectivity index (χ2n) is 7.41. The molecular formula is C25H15Cl4NO2S. The Kier molecular flexibility index (Phi) is 6.39. The molecule has 1 saturated heterocycles. The largest absolute Gasteiger partial charge is 0.454 e. The number of hydrogen-bond donors (Lipinski definition) is 0. The van der Waals surface area contributed by atoms with Gasteiger partial charge in [0.25, 0.3) is 0 Å². The fourth-order valence-corrected chi connectivity index (χ4v) is 6.04. The monoisotopic (exact) mass is 533 g/mol.